The predicted octanol–water partition coefficient (Wildman–Crippen LogP) is 3.85. The van der Waals surface area contributed by atoms with E-state index >= 15 is 0 Å². The van der Waals surface area contributed by atoms with Gasteiger partial charge >= 0.3 is 6.18 Å². The van der Waals surface area contributed by atoms with Gasteiger partial charge in [-0.25, -0.2) is 0 Å². The number of halogens is 3. The van der Waals surface area contributed by atoms with E-state index in [0.717, 1.165) is 0 Å². The number of hydrogen-bond acceptors (Lipinski definition) is 0. The molecule has 0 unspecified atom stereocenters. The Morgan fingerprint density at radius 1 is 1.33 bits per heavy atom. The van der Waals surface area contributed by atoms with Crippen LogP contribution in [0.25, 0.3) is 0 Å². The van der Waals surface area contributed by atoms with Crippen LogP contribution in [-0.4, -0.2) is 6.18 Å². The van der Waals surface area contributed by atoms with Gasteiger partial charge in [-0.3, -0.25) is 0 Å². The molecule has 70 valence electrons. The Morgan fingerprint density at radius 2 is 1.92 bits per heavy atom. The highest BCUT2D eigenvalue weighted by atomic mass is 19.4. The Morgan fingerprint density at radius 3 is 2.25 bits per heavy atom. The van der Waals surface area contributed by atoms with Crippen LogP contribution >= 0.6 is 0 Å². The van der Waals surface area contributed by atoms with Crippen LogP contribution in [0.1, 0.15) is 26.7 Å². The SMILES string of the molecule is C/C=C\C=C(\CC)CC(F)(F)F. The molecule has 0 heterocycles. The smallest absolute Gasteiger partial charge is 0.171 e. The minimum atomic E-state index is -4.08. The van der Waals surface area contributed by atoms with Crippen molar-refractivity contribution < 1.29 is 13.2 Å². The zero-order chi connectivity index (χ0) is 9.61. The average Bonchev–Trinajstić information content (AvgIpc) is 1.95. The van der Waals surface area contributed by atoms with Crippen LogP contribution in [0, 0.1) is 0 Å². The summed E-state index contributed by atoms with van der Waals surface area (Å²) in [6.45, 7) is 3.50. The molecule has 0 aromatic carbocycles. The van der Waals surface area contributed by atoms with Crippen LogP contribution < -0.4 is 0 Å². The van der Waals surface area contributed by atoms with Gasteiger partial charge in [-0.15, -0.1) is 0 Å². The second-order valence-corrected chi connectivity index (χ2v) is 2.50. The summed E-state index contributed by atoms with van der Waals surface area (Å²) < 4.78 is 35.6. The Labute approximate surface area is 70.8 Å². The predicted molar refractivity (Wildman–Crippen MR) is 43.9 cm³/mol. The molecule has 0 rings (SSSR count). The molecule has 0 N–H and O–H groups in total. The van der Waals surface area contributed by atoms with E-state index in [1.54, 1.807) is 26.0 Å². The highest BCUT2D eigenvalue weighted by Gasteiger charge is 2.27. The van der Waals surface area contributed by atoms with Crippen molar-refractivity contribution in [3.8, 4) is 0 Å². The van der Waals surface area contributed by atoms with Crippen LogP contribution in [0.5, 0.6) is 0 Å². The molecule has 0 saturated heterocycles. The maximum Gasteiger partial charge on any atom is 0.392 e. The molecule has 0 bridgehead atoms. The lowest BCUT2D eigenvalue weighted by Crippen LogP contribution is -2.08. The standard InChI is InChI=1S/C9H13F3/c1-3-5-6-8(4-2)7-9(10,11)12/h3,5-6H,4,7H2,1-2H3/b5-3-,8-6-. The van der Waals surface area contributed by atoms with E-state index in [1.165, 1.54) is 6.08 Å². The topological polar surface area (TPSA) is 0 Å². The highest BCUT2D eigenvalue weighted by molar-refractivity contribution is 5.12. The van der Waals surface area contributed by atoms with Crippen LogP contribution in [0.2, 0.25) is 0 Å². The summed E-state index contributed by atoms with van der Waals surface area (Å²) in [7, 11) is 0. The lowest BCUT2D eigenvalue weighted by atomic mass is 10.1. The third-order valence-corrected chi connectivity index (χ3v) is 1.41. The van der Waals surface area contributed by atoms with E-state index < -0.39 is 12.6 Å². The Balaban J connectivity index is 4.18. The van der Waals surface area contributed by atoms with Crippen molar-refractivity contribution in [1.82, 2.24) is 0 Å². The quantitative estimate of drug-likeness (QED) is 0.576. The van der Waals surface area contributed by atoms with Crippen molar-refractivity contribution >= 4 is 0 Å². The molecule has 0 aliphatic heterocycles. The highest BCUT2D eigenvalue weighted by Crippen LogP contribution is 2.25. The van der Waals surface area contributed by atoms with Gasteiger partial charge in [0, 0.05) is 0 Å². The molecule has 0 saturated carbocycles. The molecule has 0 spiro atoms. The van der Waals surface area contributed by atoms with Gasteiger partial charge in [0.25, 0.3) is 0 Å². The first kappa shape index (κ1) is 11.3. The van der Waals surface area contributed by atoms with Crippen molar-refractivity contribution in [2.75, 3.05) is 0 Å². The van der Waals surface area contributed by atoms with Gasteiger partial charge in [-0.05, 0) is 13.3 Å². The minimum absolute atomic E-state index is 0.417. The summed E-state index contributed by atoms with van der Waals surface area (Å²) in [6.07, 6.45) is 0.436. The first-order valence-corrected chi connectivity index (χ1v) is 3.87. The zero-order valence-electron chi connectivity index (χ0n) is 7.28. The van der Waals surface area contributed by atoms with E-state index in [4.69, 9.17) is 0 Å². The van der Waals surface area contributed by atoms with Crippen molar-refractivity contribution in [2.45, 2.75) is 32.9 Å². The monoisotopic (exact) mass is 178 g/mol. The second-order valence-electron chi connectivity index (χ2n) is 2.50. The van der Waals surface area contributed by atoms with Crippen molar-refractivity contribution in [2.24, 2.45) is 0 Å². The molecular weight excluding hydrogens is 165 g/mol. The molecule has 0 nitrogen and oxygen atoms in total. The fourth-order valence-electron chi connectivity index (χ4n) is 0.792. The van der Waals surface area contributed by atoms with Gasteiger partial charge in [-0.1, -0.05) is 30.7 Å². The van der Waals surface area contributed by atoms with Gasteiger partial charge in [0.1, 0.15) is 0 Å². The van der Waals surface area contributed by atoms with Gasteiger partial charge in [0.2, 0.25) is 0 Å². The molecule has 0 aromatic heterocycles. The van der Waals surface area contributed by atoms with E-state index in [2.05, 4.69) is 0 Å². The lowest BCUT2D eigenvalue weighted by molar-refractivity contribution is -0.127. The third kappa shape index (κ3) is 6.01. The molecule has 0 amide bonds. The second kappa shape index (κ2) is 5.01. The van der Waals surface area contributed by atoms with E-state index in [9.17, 15) is 13.2 Å². The van der Waals surface area contributed by atoms with Crippen LogP contribution in [0.4, 0.5) is 13.2 Å². The first-order valence-electron chi connectivity index (χ1n) is 3.87. The molecule has 0 aliphatic rings. The first-order chi connectivity index (χ1) is 5.49. The van der Waals surface area contributed by atoms with Gasteiger partial charge in [-0.2, -0.15) is 13.2 Å². The zero-order valence-corrected chi connectivity index (χ0v) is 7.28. The minimum Gasteiger partial charge on any atom is -0.171 e. The summed E-state index contributed by atoms with van der Waals surface area (Å²) in [5, 5.41) is 0. The summed E-state index contributed by atoms with van der Waals surface area (Å²) in [6, 6.07) is 0. The average molecular weight is 178 g/mol. The van der Waals surface area contributed by atoms with E-state index in [0.29, 0.717) is 12.0 Å². The Kier molecular flexibility index (Phi) is 4.71. The van der Waals surface area contributed by atoms with E-state index in [1.807, 2.05) is 0 Å². The molecule has 12 heavy (non-hydrogen) atoms. The summed E-state index contributed by atoms with van der Waals surface area (Å²) >= 11 is 0. The number of allylic oxidation sites excluding steroid dienone is 4. The summed E-state index contributed by atoms with van der Waals surface area (Å²) in [5.74, 6) is 0. The Hall–Kier alpha value is -0.730. The molecule has 0 radical (unpaired) electrons. The number of alkyl halides is 3. The van der Waals surface area contributed by atoms with Gasteiger partial charge in [0.05, 0.1) is 6.42 Å². The van der Waals surface area contributed by atoms with Crippen LogP contribution in [-0.2, 0) is 0 Å². The summed E-state index contributed by atoms with van der Waals surface area (Å²) in [5.41, 5.74) is 0.417. The number of hydrogen-bond donors (Lipinski definition) is 0. The van der Waals surface area contributed by atoms with E-state index in [-0.39, 0.29) is 0 Å². The molecule has 0 aliphatic carbocycles. The van der Waals surface area contributed by atoms with Gasteiger partial charge < -0.3 is 0 Å². The van der Waals surface area contributed by atoms with Crippen molar-refractivity contribution in [1.29, 1.82) is 0 Å². The van der Waals surface area contributed by atoms with Gasteiger partial charge in [0.15, 0.2) is 0 Å². The molecule has 0 atom stereocenters. The van der Waals surface area contributed by atoms with Crippen molar-refractivity contribution in [3.63, 3.8) is 0 Å². The third-order valence-electron chi connectivity index (χ3n) is 1.41. The lowest BCUT2D eigenvalue weighted by Gasteiger charge is -2.07. The molecule has 0 fully saturated rings. The van der Waals surface area contributed by atoms with Crippen LogP contribution in [0.15, 0.2) is 23.8 Å². The molecule has 3 heteroatoms. The molecule has 0 aromatic rings. The van der Waals surface area contributed by atoms with Crippen LogP contribution in [0.3, 0.4) is 0 Å². The number of rotatable bonds is 3. The maximum absolute atomic E-state index is 11.9. The molecular formula is C9H13F3. The van der Waals surface area contributed by atoms with Crippen molar-refractivity contribution in [3.05, 3.63) is 23.8 Å². The fraction of sp³-hybridized carbons (Fsp3) is 0.556. The summed E-state index contributed by atoms with van der Waals surface area (Å²) in [4.78, 5) is 0. The Bertz CT molecular complexity index is 175. The largest absolute Gasteiger partial charge is 0.392 e. The fourth-order valence-corrected chi connectivity index (χ4v) is 0.792. The normalized spacial score (nSPS) is 14.2. The maximum atomic E-state index is 11.9.